The molecule has 1 atom stereocenters. The Labute approximate surface area is 146 Å². The number of carbonyl (C=O) groups excluding carboxylic acids is 3. The Morgan fingerprint density at radius 3 is 2.52 bits per heavy atom. The van der Waals surface area contributed by atoms with E-state index in [1.54, 1.807) is 19.1 Å². The van der Waals surface area contributed by atoms with Crippen molar-refractivity contribution in [1.82, 2.24) is 20.0 Å². The van der Waals surface area contributed by atoms with Gasteiger partial charge in [-0.1, -0.05) is 12.1 Å². The molecule has 2 saturated heterocycles. The molecule has 1 aromatic rings. The fourth-order valence-electron chi connectivity index (χ4n) is 3.04. The van der Waals surface area contributed by atoms with Crippen molar-refractivity contribution >= 4 is 17.8 Å². The molecule has 2 fully saturated rings. The van der Waals surface area contributed by atoms with E-state index in [9.17, 15) is 14.4 Å². The first-order valence-electron chi connectivity index (χ1n) is 8.19. The van der Waals surface area contributed by atoms with Crippen LogP contribution in [0.4, 0.5) is 4.79 Å². The van der Waals surface area contributed by atoms with E-state index in [0.29, 0.717) is 26.2 Å². The van der Waals surface area contributed by atoms with Gasteiger partial charge in [0.1, 0.15) is 11.8 Å². The van der Waals surface area contributed by atoms with Gasteiger partial charge in [-0.05, 0) is 17.7 Å². The lowest BCUT2D eigenvalue weighted by Gasteiger charge is -2.35. The van der Waals surface area contributed by atoms with Gasteiger partial charge in [-0.2, -0.15) is 0 Å². The van der Waals surface area contributed by atoms with Gasteiger partial charge >= 0.3 is 6.03 Å². The van der Waals surface area contributed by atoms with Crippen LogP contribution in [0.25, 0.3) is 0 Å². The van der Waals surface area contributed by atoms with Gasteiger partial charge in [-0.25, -0.2) is 4.79 Å². The van der Waals surface area contributed by atoms with Crippen LogP contribution >= 0.6 is 0 Å². The minimum Gasteiger partial charge on any atom is -0.497 e. The molecule has 0 bridgehead atoms. The van der Waals surface area contributed by atoms with Gasteiger partial charge in [0, 0.05) is 26.7 Å². The van der Waals surface area contributed by atoms with E-state index in [-0.39, 0.29) is 24.4 Å². The van der Waals surface area contributed by atoms with Crippen LogP contribution in [0.5, 0.6) is 5.75 Å². The average molecular weight is 346 g/mol. The summed E-state index contributed by atoms with van der Waals surface area (Å²) in [6, 6.07) is 6.74. The van der Waals surface area contributed by atoms with Gasteiger partial charge in [-0.3, -0.25) is 9.59 Å². The quantitative estimate of drug-likeness (QED) is 0.825. The first-order chi connectivity index (χ1) is 12.0. The average Bonchev–Trinajstić information content (AvgIpc) is 2.95. The van der Waals surface area contributed by atoms with Gasteiger partial charge in [0.15, 0.2) is 0 Å². The van der Waals surface area contributed by atoms with Crippen LogP contribution in [0, 0.1) is 0 Å². The van der Waals surface area contributed by atoms with Crippen molar-refractivity contribution in [2.75, 3.05) is 40.3 Å². The van der Waals surface area contributed by atoms with Crippen LogP contribution in [-0.4, -0.2) is 78.9 Å². The van der Waals surface area contributed by atoms with E-state index in [1.165, 1.54) is 9.80 Å². The number of amides is 4. The SMILES string of the molecule is COc1ccc(CN2CCN(C(=O)[C@H]3CN(C)C(=O)N3)CC2=O)cc1. The van der Waals surface area contributed by atoms with E-state index in [4.69, 9.17) is 4.74 Å². The van der Waals surface area contributed by atoms with Crippen molar-refractivity contribution < 1.29 is 19.1 Å². The number of piperazine rings is 1. The van der Waals surface area contributed by atoms with Crippen LogP contribution in [0.2, 0.25) is 0 Å². The van der Waals surface area contributed by atoms with Crippen molar-refractivity contribution in [2.24, 2.45) is 0 Å². The molecule has 8 heteroatoms. The number of ether oxygens (including phenoxy) is 1. The number of methoxy groups -OCH3 is 1. The molecule has 2 aliphatic heterocycles. The van der Waals surface area contributed by atoms with Crippen LogP contribution in [0.1, 0.15) is 5.56 Å². The number of nitrogens with one attached hydrogen (secondary N) is 1. The Bertz CT molecular complexity index is 676. The summed E-state index contributed by atoms with van der Waals surface area (Å²) >= 11 is 0. The number of hydrogen-bond acceptors (Lipinski definition) is 4. The molecule has 8 nitrogen and oxygen atoms in total. The zero-order valence-corrected chi connectivity index (χ0v) is 14.4. The van der Waals surface area contributed by atoms with Crippen molar-refractivity contribution in [2.45, 2.75) is 12.6 Å². The van der Waals surface area contributed by atoms with E-state index >= 15 is 0 Å². The molecule has 2 aliphatic rings. The highest BCUT2D eigenvalue weighted by Crippen LogP contribution is 2.15. The Morgan fingerprint density at radius 1 is 1.24 bits per heavy atom. The number of benzene rings is 1. The molecule has 25 heavy (non-hydrogen) atoms. The number of carbonyl (C=O) groups is 3. The zero-order valence-electron chi connectivity index (χ0n) is 14.4. The summed E-state index contributed by atoms with van der Waals surface area (Å²) in [4.78, 5) is 41.1. The monoisotopic (exact) mass is 346 g/mol. The lowest BCUT2D eigenvalue weighted by molar-refractivity contribution is -0.146. The van der Waals surface area contributed by atoms with Crippen LogP contribution in [0.3, 0.4) is 0 Å². The smallest absolute Gasteiger partial charge is 0.317 e. The summed E-state index contributed by atoms with van der Waals surface area (Å²) in [6.45, 7) is 1.83. The Balaban J connectivity index is 1.56. The molecule has 0 aromatic heterocycles. The van der Waals surface area contributed by atoms with Gasteiger partial charge in [0.05, 0.1) is 20.2 Å². The van der Waals surface area contributed by atoms with Crippen molar-refractivity contribution in [3.8, 4) is 5.75 Å². The molecule has 0 radical (unpaired) electrons. The molecule has 3 rings (SSSR count). The summed E-state index contributed by atoms with van der Waals surface area (Å²) < 4.78 is 5.13. The summed E-state index contributed by atoms with van der Waals surface area (Å²) in [5.41, 5.74) is 1.01. The normalized spacial score (nSPS) is 20.7. The number of rotatable bonds is 4. The van der Waals surface area contributed by atoms with E-state index in [2.05, 4.69) is 5.32 Å². The topological polar surface area (TPSA) is 82.2 Å². The minimum atomic E-state index is -0.571. The molecular formula is C17H22N4O4. The van der Waals surface area contributed by atoms with E-state index in [1.807, 2.05) is 24.3 Å². The fourth-order valence-corrected chi connectivity index (χ4v) is 3.04. The predicted molar refractivity (Wildman–Crippen MR) is 89.9 cm³/mol. The highest BCUT2D eigenvalue weighted by Gasteiger charge is 2.36. The molecule has 4 amide bonds. The van der Waals surface area contributed by atoms with Crippen LogP contribution in [-0.2, 0) is 16.1 Å². The van der Waals surface area contributed by atoms with Gasteiger partial charge in [0.2, 0.25) is 11.8 Å². The largest absolute Gasteiger partial charge is 0.497 e. The third-order valence-corrected chi connectivity index (χ3v) is 4.56. The molecule has 0 saturated carbocycles. The lowest BCUT2D eigenvalue weighted by Crippen LogP contribution is -2.55. The number of nitrogens with zero attached hydrogens (tertiary/aromatic N) is 3. The summed E-state index contributed by atoms with van der Waals surface area (Å²) in [5, 5.41) is 2.64. The third kappa shape index (κ3) is 3.67. The Kier molecular flexibility index (Phi) is 4.78. The summed E-state index contributed by atoms with van der Waals surface area (Å²) in [6.07, 6.45) is 0. The number of hydrogen-bond donors (Lipinski definition) is 1. The maximum atomic E-state index is 12.5. The molecule has 0 unspecified atom stereocenters. The van der Waals surface area contributed by atoms with Crippen molar-refractivity contribution in [3.05, 3.63) is 29.8 Å². The van der Waals surface area contributed by atoms with Crippen LogP contribution in [0.15, 0.2) is 24.3 Å². The zero-order chi connectivity index (χ0) is 18.0. The number of likely N-dealkylation sites (N-methyl/N-ethyl adjacent to an activating group) is 1. The second-order valence-corrected chi connectivity index (χ2v) is 6.31. The highest BCUT2D eigenvalue weighted by atomic mass is 16.5. The third-order valence-electron chi connectivity index (χ3n) is 4.56. The molecule has 0 aliphatic carbocycles. The maximum absolute atomic E-state index is 12.5. The first-order valence-corrected chi connectivity index (χ1v) is 8.19. The minimum absolute atomic E-state index is 0.0467. The molecule has 1 aromatic carbocycles. The lowest BCUT2D eigenvalue weighted by atomic mass is 10.1. The second kappa shape index (κ2) is 7.00. The van der Waals surface area contributed by atoms with Gasteiger partial charge in [0.25, 0.3) is 0 Å². The predicted octanol–water partition coefficient (Wildman–Crippen LogP) is -0.110. The second-order valence-electron chi connectivity index (χ2n) is 6.31. The Hall–Kier alpha value is -2.77. The Morgan fingerprint density at radius 2 is 1.96 bits per heavy atom. The molecular weight excluding hydrogens is 324 g/mol. The number of urea groups is 1. The maximum Gasteiger partial charge on any atom is 0.317 e. The van der Waals surface area contributed by atoms with Gasteiger partial charge in [-0.15, -0.1) is 0 Å². The van der Waals surface area contributed by atoms with E-state index < -0.39 is 6.04 Å². The van der Waals surface area contributed by atoms with Crippen molar-refractivity contribution in [1.29, 1.82) is 0 Å². The fraction of sp³-hybridized carbons (Fsp3) is 0.471. The highest BCUT2D eigenvalue weighted by molar-refractivity contribution is 5.93. The molecule has 2 heterocycles. The first kappa shape index (κ1) is 17.1. The van der Waals surface area contributed by atoms with Crippen molar-refractivity contribution in [3.63, 3.8) is 0 Å². The molecule has 0 spiro atoms. The van der Waals surface area contributed by atoms with Crippen LogP contribution < -0.4 is 10.1 Å². The standard InChI is InChI=1S/C17H22N4O4/c1-19-10-14(18-17(19)24)16(23)21-8-7-20(15(22)11-21)9-12-3-5-13(25-2)6-4-12/h3-6,14H,7-11H2,1-2H3,(H,18,24)/t14-/m1/s1. The summed E-state index contributed by atoms with van der Waals surface area (Å²) in [7, 11) is 3.25. The van der Waals surface area contributed by atoms with Gasteiger partial charge < -0.3 is 24.8 Å². The molecule has 134 valence electrons. The van der Waals surface area contributed by atoms with E-state index in [0.717, 1.165) is 11.3 Å². The molecule has 1 N–H and O–H groups in total. The summed E-state index contributed by atoms with van der Waals surface area (Å²) in [5.74, 6) is 0.484.